The summed E-state index contributed by atoms with van der Waals surface area (Å²) in [5.74, 6) is -0.842. The summed E-state index contributed by atoms with van der Waals surface area (Å²) in [6.07, 6.45) is 1.39. The lowest BCUT2D eigenvalue weighted by molar-refractivity contribution is -0.139. The largest absolute Gasteiger partial charge is 0.480 e. The van der Waals surface area contributed by atoms with Crippen LogP contribution in [0.15, 0.2) is 24.3 Å². The van der Waals surface area contributed by atoms with Crippen LogP contribution in [0.5, 0.6) is 0 Å². The normalized spacial score (nSPS) is 12.5. The second-order valence-corrected chi connectivity index (χ2v) is 5.45. The summed E-state index contributed by atoms with van der Waals surface area (Å²) in [6.45, 7) is 4.26. The third-order valence-corrected chi connectivity index (χ3v) is 4.04. The molecular formula is C16H19ClN2O2. The van der Waals surface area contributed by atoms with E-state index in [1.165, 1.54) is 0 Å². The Balaban J connectivity index is 2.26. The first kappa shape index (κ1) is 15.7. The highest BCUT2D eigenvalue weighted by molar-refractivity contribution is 6.32. The number of pyridine rings is 1. The van der Waals surface area contributed by atoms with E-state index >= 15 is 0 Å². The number of aliphatic carboxylic acids is 1. The number of carbonyl (C=O) groups is 1. The maximum atomic E-state index is 11.2. The molecule has 0 spiro atoms. The van der Waals surface area contributed by atoms with Crippen molar-refractivity contribution < 1.29 is 9.90 Å². The van der Waals surface area contributed by atoms with Gasteiger partial charge in [-0.1, -0.05) is 43.1 Å². The Morgan fingerprint density at radius 1 is 1.43 bits per heavy atom. The fraction of sp³-hybridized carbons (Fsp3) is 0.375. The van der Waals surface area contributed by atoms with E-state index in [2.05, 4.69) is 10.3 Å². The van der Waals surface area contributed by atoms with Gasteiger partial charge >= 0.3 is 5.97 Å². The number of carboxylic acid groups (broad SMARTS) is 1. The fourth-order valence-electron chi connectivity index (χ4n) is 2.36. The second-order valence-electron chi connectivity index (χ2n) is 5.08. The van der Waals surface area contributed by atoms with Gasteiger partial charge < -0.3 is 5.11 Å². The Kier molecular flexibility index (Phi) is 5.15. The first-order valence-corrected chi connectivity index (χ1v) is 7.42. The van der Waals surface area contributed by atoms with Gasteiger partial charge in [-0.25, -0.2) is 4.98 Å². The SMILES string of the molecule is CCCC(NCc1nc2ccccc2c(C)c1Cl)C(=O)O. The van der Waals surface area contributed by atoms with Crippen LogP contribution < -0.4 is 5.32 Å². The number of aromatic nitrogens is 1. The van der Waals surface area contributed by atoms with Crippen molar-refractivity contribution in [1.29, 1.82) is 0 Å². The lowest BCUT2D eigenvalue weighted by atomic mass is 10.1. The van der Waals surface area contributed by atoms with Crippen LogP contribution in [-0.4, -0.2) is 22.1 Å². The van der Waals surface area contributed by atoms with Crippen LogP contribution in [0.2, 0.25) is 5.02 Å². The van der Waals surface area contributed by atoms with Crippen molar-refractivity contribution >= 4 is 28.5 Å². The first-order chi connectivity index (χ1) is 10.0. The highest BCUT2D eigenvalue weighted by Gasteiger charge is 2.17. The minimum Gasteiger partial charge on any atom is -0.480 e. The number of halogens is 1. The topological polar surface area (TPSA) is 62.2 Å². The molecule has 0 bridgehead atoms. The molecule has 112 valence electrons. The predicted molar refractivity (Wildman–Crippen MR) is 84.7 cm³/mol. The Hall–Kier alpha value is -1.65. The van der Waals surface area contributed by atoms with Crippen LogP contribution >= 0.6 is 11.6 Å². The van der Waals surface area contributed by atoms with E-state index in [-0.39, 0.29) is 0 Å². The summed E-state index contributed by atoms with van der Waals surface area (Å²) in [7, 11) is 0. The highest BCUT2D eigenvalue weighted by atomic mass is 35.5. The number of para-hydroxylation sites is 1. The minimum atomic E-state index is -0.842. The molecule has 1 heterocycles. The van der Waals surface area contributed by atoms with Gasteiger partial charge in [-0.15, -0.1) is 0 Å². The maximum absolute atomic E-state index is 11.2. The Bertz CT molecular complexity index is 658. The zero-order chi connectivity index (χ0) is 15.4. The van der Waals surface area contributed by atoms with Gasteiger partial charge in [-0.05, 0) is 25.0 Å². The summed E-state index contributed by atoms with van der Waals surface area (Å²) < 4.78 is 0. The van der Waals surface area contributed by atoms with E-state index in [1.54, 1.807) is 0 Å². The van der Waals surface area contributed by atoms with Crippen LogP contribution in [0.1, 0.15) is 31.0 Å². The minimum absolute atomic E-state index is 0.349. The van der Waals surface area contributed by atoms with E-state index in [9.17, 15) is 4.79 Å². The average molecular weight is 307 g/mol. The molecule has 1 aromatic carbocycles. The fourth-order valence-corrected chi connectivity index (χ4v) is 2.57. The molecule has 1 aromatic heterocycles. The van der Waals surface area contributed by atoms with Gasteiger partial charge in [0.15, 0.2) is 0 Å². The van der Waals surface area contributed by atoms with Gasteiger partial charge in [0.1, 0.15) is 6.04 Å². The third-order valence-electron chi connectivity index (χ3n) is 3.54. The summed E-state index contributed by atoms with van der Waals surface area (Å²) in [5.41, 5.74) is 2.54. The van der Waals surface area contributed by atoms with Crippen molar-refractivity contribution in [1.82, 2.24) is 10.3 Å². The lowest BCUT2D eigenvalue weighted by Gasteiger charge is -2.15. The van der Waals surface area contributed by atoms with Crippen LogP contribution in [0.25, 0.3) is 10.9 Å². The summed E-state index contributed by atoms with van der Waals surface area (Å²) in [5, 5.41) is 13.8. The van der Waals surface area contributed by atoms with E-state index in [1.807, 2.05) is 38.1 Å². The predicted octanol–water partition coefficient (Wildman–Crippen LogP) is 3.54. The number of rotatable bonds is 6. The molecule has 1 atom stereocenters. The standard InChI is InChI=1S/C16H19ClN2O2/c1-3-6-13(16(20)21)18-9-14-15(17)10(2)11-7-4-5-8-12(11)19-14/h4-5,7-8,13,18H,3,6,9H2,1-2H3,(H,20,21). The molecule has 0 fully saturated rings. The Labute approximate surface area is 129 Å². The van der Waals surface area contributed by atoms with Crippen LogP contribution in [-0.2, 0) is 11.3 Å². The molecule has 2 N–H and O–H groups in total. The highest BCUT2D eigenvalue weighted by Crippen LogP contribution is 2.26. The number of aryl methyl sites for hydroxylation is 1. The Morgan fingerprint density at radius 2 is 2.14 bits per heavy atom. The third kappa shape index (κ3) is 3.52. The van der Waals surface area contributed by atoms with Crippen LogP contribution in [0, 0.1) is 6.92 Å². The zero-order valence-corrected chi connectivity index (χ0v) is 12.9. The number of benzene rings is 1. The van der Waals surface area contributed by atoms with Gasteiger partial charge in [0, 0.05) is 11.9 Å². The summed E-state index contributed by atoms with van der Waals surface area (Å²) in [6, 6.07) is 7.23. The second kappa shape index (κ2) is 6.87. The molecule has 1 unspecified atom stereocenters. The van der Waals surface area contributed by atoms with E-state index in [0.29, 0.717) is 23.7 Å². The van der Waals surface area contributed by atoms with E-state index in [0.717, 1.165) is 22.9 Å². The number of nitrogens with zero attached hydrogens (tertiary/aromatic N) is 1. The van der Waals surface area contributed by atoms with Crippen LogP contribution in [0.4, 0.5) is 0 Å². The molecule has 21 heavy (non-hydrogen) atoms. The Morgan fingerprint density at radius 3 is 2.81 bits per heavy atom. The number of nitrogens with one attached hydrogen (secondary N) is 1. The van der Waals surface area contributed by atoms with Crippen molar-refractivity contribution in [3.63, 3.8) is 0 Å². The smallest absolute Gasteiger partial charge is 0.320 e. The molecule has 0 aliphatic heterocycles. The molecule has 4 nitrogen and oxygen atoms in total. The summed E-state index contributed by atoms with van der Waals surface area (Å²) in [4.78, 5) is 15.7. The molecular weight excluding hydrogens is 288 g/mol. The van der Waals surface area contributed by atoms with E-state index < -0.39 is 12.0 Å². The van der Waals surface area contributed by atoms with Gasteiger partial charge in [0.05, 0.1) is 16.2 Å². The molecule has 5 heteroatoms. The van der Waals surface area contributed by atoms with Crippen LogP contribution in [0.3, 0.4) is 0 Å². The van der Waals surface area contributed by atoms with E-state index in [4.69, 9.17) is 16.7 Å². The van der Waals surface area contributed by atoms with Crippen molar-refractivity contribution in [2.45, 2.75) is 39.3 Å². The molecule has 2 rings (SSSR count). The maximum Gasteiger partial charge on any atom is 0.320 e. The molecule has 2 aromatic rings. The number of carboxylic acids is 1. The van der Waals surface area contributed by atoms with Crippen molar-refractivity contribution in [2.75, 3.05) is 0 Å². The van der Waals surface area contributed by atoms with Crippen molar-refractivity contribution in [3.05, 3.63) is 40.5 Å². The number of fused-ring (bicyclic) bond motifs is 1. The molecule has 0 radical (unpaired) electrons. The van der Waals surface area contributed by atoms with Gasteiger partial charge in [0.2, 0.25) is 0 Å². The van der Waals surface area contributed by atoms with Gasteiger partial charge in [-0.3, -0.25) is 10.1 Å². The van der Waals surface area contributed by atoms with Crippen molar-refractivity contribution in [2.24, 2.45) is 0 Å². The number of hydrogen-bond acceptors (Lipinski definition) is 3. The molecule has 0 saturated heterocycles. The average Bonchev–Trinajstić information content (AvgIpc) is 2.47. The first-order valence-electron chi connectivity index (χ1n) is 7.04. The monoisotopic (exact) mass is 306 g/mol. The lowest BCUT2D eigenvalue weighted by Crippen LogP contribution is -2.36. The molecule has 0 amide bonds. The quantitative estimate of drug-likeness (QED) is 0.857. The number of hydrogen-bond donors (Lipinski definition) is 2. The van der Waals surface area contributed by atoms with Gasteiger partial charge in [0.25, 0.3) is 0 Å². The van der Waals surface area contributed by atoms with Crippen molar-refractivity contribution in [3.8, 4) is 0 Å². The zero-order valence-electron chi connectivity index (χ0n) is 12.2. The molecule has 0 aliphatic carbocycles. The van der Waals surface area contributed by atoms with Gasteiger partial charge in [-0.2, -0.15) is 0 Å². The molecule has 0 aliphatic rings. The molecule has 0 saturated carbocycles. The summed E-state index contributed by atoms with van der Waals surface area (Å²) >= 11 is 6.36.